The Morgan fingerprint density at radius 1 is 1.06 bits per heavy atom. The number of nitro benzene ring substituents is 1. The first kappa shape index (κ1) is 22.5. The van der Waals surface area contributed by atoms with E-state index in [0.717, 1.165) is 11.1 Å². The molecule has 0 spiro atoms. The highest BCUT2D eigenvalue weighted by atomic mass is 16.6. The van der Waals surface area contributed by atoms with E-state index in [4.69, 9.17) is 9.47 Å². The van der Waals surface area contributed by atoms with Gasteiger partial charge in [-0.15, -0.1) is 0 Å². The molecule has 0 aliphatic carbocycles. The molecule has 0 fully saturated rings. The number of nitrogens with zero attached hydrogens (tertiary/aromatic N) is 3. The van der Waals surface area contributed by atoms with Gasteiger partial charge in [0.25, 0.3) is 11.6 Å². The maximum atomic E-state index is 12.7. The van der Waals surface area contributed by atoms with E-state index in [2.05, 4.69) is 10.4 Å². The molecule has 1 heterocycles. The van der Waals surface area contributed by atoms with Crippen molar-refractivity contribution in [3.05, 3.63) is 75.1 Å². The number of benzene rings is 2. The van der Waals surface area contributed by atoms with Crippen LogP contribution >= 0.6 is 0 Å². The molecular weight excluding hydrogens is 416 g/mol. The van der Waals surface area contributed by atoms with Crippen LogP contribution in [-0.4, -0.2) is 33.2 Å². The van der Waals surface area contributed by atoms with Gasteiger partial charge in [0.05, 0.1) is 23.3 Å². The predicted octanol–water partition coefficient (Wildman–Crippen LogP) is 4.17. The number of amides is 1. The van der Waals surface area contributed by atoms with Crippen LogP contribution in [0.15, 0.2) is 42.5 Å². The fourth-order valence-corrected chi connectivity index (χ4v) is 3.12. The van der Waals surface area contributed by atoms with Crippen LogP contribution in [0.3, 0.4) is 0 Å². The van der Waals surface area contributed by atoms with Crippen LogP contribution in [-0.2, 0) is 11.8 Å². The van der Waals surface area contributed by atoms with Gasteiger partial charge in [0.1, 0.15) is 17.2 Å². The van der Waals surface area contributed by atoms with Crippen molar-refractivity contribution in [3.63, 3.8) is 0 Å². The zero-order valence-corrected chi connectivity index (χ0v) is 18.0. The summed E-state index contributed by atoms with van der Waals surface area (Å²) >= 11 is 0. The summed E-state index contributed by atoms with van der Waals surface area (Å²) in [6.45, 7) is 5.68. The van der Waals surface area contributed by atoms with E-state index in [-0.39, 0.29) is 35.1 Å². The molecule has 0 bridgehead atoms. The van der Waals surface area contributed by atoms with E-state index >= 15 is 0 Å². The largest absolute Gasteiger partial charge is 0.461 e. The molecule has 0 radical (unpaired) electrons. The van der Waals surface area contributed by atoms with Gasteiger partial charge in [-0.1, -0.05) is 6.07 Å². The molecule has 10 nitrogen and oxygen atoms in total. The molecule has 2 aromatic carbocycles. The maximum Gasteiger partial charge on any atom is 0.356 e. The van der Waals surface area contributed by atoms with Gasteiger partial charge < -0.3 is 14.8 Å². The van der Waals surface area contributed by atoms with Crippen molar-refractivity contribution in [2.24, 2.45) is 7.05 Å². The summed E-state index contributed by atoms with van der Waals surface area (Å²) in [6.07, 6.45) is 0. The lowest BCUT2D eigenvalue weighted by Crippen LogP contribution is -2.13. The highest BCUT2D eigenvalue weighted by Crippen LogP contribution is 2.31. The van der Waals surface area contributed by atoms with Gasteiger partial charge in [0, 0.05) is 25.2 Å². The molecule has 10 heteroatoms. The average molecular weight is 438 g/mol. The van der Waals surface area contributed by atoms with E-state index in [0.29, 0.717) is 5.75 Å². The lowest BCUT2D eigenvalue weighted by Gasteiger charge is -2.10. The number of ether oxygens (including phenoxy) is 2. The summed E-state index contributed by atoms with van der Waals surface area (Å²) in [5, 5.41) is 18.0. The normalized spacial score (nSPS) is 10.5. The molecule has 32 heavy (non-hydrogen) atoms. The molecule has 3 aromatic rings. The van der Waals surface area contributed by atoms with Crippen LogP contribution in [0.2, 0.25) is 0 Å². The number of carbonyl (C=O) groups is 2. The van der Waals surface area contributed by atoms with Crippen LogP contribution < -0.4 is 10.1 Å². The van der Waals surface area contributed by atoms with Gasteiger partial charge in [-0.3, -0.25) is 19.6 Å². The molecule has 0 aliphatic rings. The molecule has 0 aliphatic heterocycles. The third-order valence-corrected chi connectivity index (χ3v) is 4.39. The van der Waals surface area contributed by atoms with Crippen molar-refractivity contribution in [1.82, 2.24) is 9.78 Å². The first-order valence-electron chi connectivity index (χ1n) is 9.74. The second-order valence-corrected chi connectivity index (χ2v) is 7.11. The Kier molecular flexibility index (Phi) is 6.53. The zero-order valence-electron chi connectivity index (χ0n) is 18.0. The minimum absolute atomic E-state index is 0.0427. The number of nitro groups is 1. The number of nitrogens with one attached hydrogen (secondary N) is 1. The smallest absolute Gasteiger partial charge is 0.356 e. The van der Waals surface area contributed by atoms with Gasteiger partial charge >= 0.3 is 5.97 Å². The van der Waals surface area contributed by atoms with E-state index in [9.17, 15) is 19.7 Å². The summed E-state index contributed by atoms with van der Waals surface area (Å²) in [5.74, 6) is -0.549. The average Bonchev–Trinajstić information content (AvgIpc) is 3.09. The van der Waals surface area contributed by atoms with Crippen LogP contribution in [0.4, 0.5) is 11.4 Å². The Labute approximate surface area is 183 Å². The van der Waals surface area contributed by atoms with E-state index in [1.54, 1.807) is 19.1 Å². The Hall–Kier alpha value is -4.21. The van der Waals surface area contributed by atoms with Crippen molar-refractivity contribution in [3.8, 4) is 11.5 Å². The van der Waals surface area contributed by atoms with Crippen LogP contribution in [0.25, 0.3) is 0 Å². The molecule has 3 rings (SSSR count). The quantitative estimate of drug-likeness (QED) is 0.333. The minimum atomic E-state index is -0.644. The highest BCUT2D eigenvalue weighted by Gasteiger charge is 2.20. The molecule has 0 saturated carbocycles. The lowest BCUT2D eigenvalue weighted by molar-refractivity contribution is -0.384. The number of aryl methyl sites for hydroxylation is 3. The summed E-state index contributed by atoms with van der Waals surface area (Å²) in [4.78, 5) is 35.4. The van der Waals surface area contributed by atoms with Crippen molar-refractivity contribution in [2.75, 3.05) is 11.9 Å². The second kappa shape index (κ2) is 9.29. The number of anilines is 1. The van der Waals surface area contributed by atoms with Crippen molar-refractivity contribution < 1.29 is 24.0 Å². The van der Waals surface area contributed by atoms with Gasteiger partial charge in [0.15, 0.2) is 5.69 Å². The van der Waals surface area contributed by atoms with E-state index < -0.39 is 16.8 Å². The van der Waals surface area contributed by atoms with Gasteiger partial charge in [0.2, 0.25) is 0 Å². The number of carbonyl (C=O) groups excluding carboxylic acids is 2. The highest BCUT2D eigenvalue weighted by molar-refractivity contribution is 6.04. The second-order valence-electron chi connectivity index (χ2n) is 7.11. The molecule has 0 unspecified atom stereocenters. The standard InChI is InChI=1S/C22H22N4O6/c1-5-31-22(28)20-12-19(24-25(20)4)21(27)23-15-9-16(26(29)30)11-18(10-15)32-17-7-13(2)6-14(3)8-17/h6-12H,5H2,1-4H3,(H,23,27). The zero-order chi connectivity index (χ0) is 23.4. The predicted molar refractivity (Wildman–Crippen MR) is 116 cm³/mol. The Morgan fingerprint density at radius 2 is 1.72 bits per heavy atom. The van der Waals surface area contributed by atoms with Gasteiger partial charge in [-0.05, 0) is 44.0 Å². The molecule has 0 saturated heterocycles. The molecule has 1 aromatic heterocycles. The minimum Gasteiger partial charge on any atom is -0.461 e. The number of aromatic nitrogens is 2. The van der Waals surface area contributed by atoms with Crippen molar-refractivity contribution >= 4 is 23.3 Å². The first-order valence-corrected chi connectivity index (χ1v) is 9.74. The van der Waals surface area contributed by atoms with Gasteiger partial charge in [-0.25, -0.2) is 4.79 Å². The molecule has 166 valence electrons. The Morgan fingerprint density at radius 3 is 2.34 bits per heavy atom. The topological polar surface area (TPSA) is 126 Å². The van der Waals surface area contributed by atoms with Gasteiger partial charge in [-0.2, -0.15) is 5.10 Å². The lowest BCUT2D eigenvalue weighted by atomic mass is 10.1. The maximum absolute atomic E-state index is 12.7. The SMILES string of the molecule is CCOC(=O)c1cc(C(=O)Nc2cc(Oc3cc(C)cc(C)c3)cc([N+](=O)[O-])c2)nn1C. The monoisotopic (exact) mass is 438 g/mol. The van der Waals surface area contributed by atoms with E-state index in [1.807, 2.05) is 19.9 Å². The fraction of sp³-hybridized carbons (Fsp3) is 0.227. The van der Waals surface area contributed by atoms with Crippen molar-refractivity contribution in [2.45, 2.75) is 20.8 Å². The van der Waals surface area contributed by atoms with Crippen LogP contribution in [0, 0.1) is 24.0 Å². The third kappa shape index (κ3) is 5.28. The number of rotatable bonds is 7. The van der Waals surface area contributed by atoms with E-state index in [1.165, 1.54) is 36.0 Å². The first-order chi connectivity index (χ1) is 15.2. The summed E-state index contributed by atoms with van der Waals surface area (Å²) in [6, 6.07) is 10.8. The number of non-ortho nitro benzene ring substituents is 1. The number of hydrogen-bond acceptors (Lipinski definition) is 7. The molecular formula is C22H22N4O6. The summed E-state index contributed by atoms with van der Waals surface area (Å²) in [7, 11) is 1.51. The van der Waals surface area contributed by atoms with Crippen molar-refractivity contribution in [1.29, 1.82) is 0 Å². The number of esters is 1. The molecule has 0 atom stereocenters. The molecule has 1 amide bonds. The fourth-order valence-electron chi connectivity index (χ4n) is 3.12. The summed E-state index contributed by atoms with van der Waals surface area (Å²) in [5.41, 5.74) is 1.91. The Balaban J connectivity index is 1.87. The number of hydrogen-bond donors (Lipinski definition) is 1. The van der Waals surface area contributed by atoms with Crippen LogP contribution in [0.1, 0.15) is 39.0 Å². The third-order valence-electron chi connectivity index (χ3n) is 4.39. The summed E-state index contributed by atoms with van der Waals surface area (Å²) < 4.78 is 12.0. The Bertz CT molecular complexity index is 1180. The molecule has 1 N–H and O–H groups in total. The van der Waals surface area contributed by atoms with Crippen LogP contribution in [0.5, 0.6) is 11.5 Å².